The molecule has 30 heavy (non-hydrogen) atoms. The second-order valence-corrected chi connectivity index (χ2v) is 9.74. The highest BCUT2D eigenvalue weighted by molar-refractivity contribution is 6.28. The maximum absolute atomic E-state index is 13.2. The molecule has 0 radical (unpaired) electrons. The normalized spacial score (nSPS) is 13.7. The molecular formula is C26H30O4. The molecule has 2 aromatic carbocycles. The Labute approximate surface area is 178 Å². The summed E-state index contributed by atoms with van der Waals surface area (Å²) >= 11 is 0. The predicted octanol–water partition coefficient (Wildman–Crippen LogP) is 5.38. The number of carbonyl (C=O) groups is 3. The van der Waals surface area contributed by atoms with E-state index < -0.39 is 0 Å². The van der Waals surface area contributed by atoms with E-state index in [1.807, 2.05) is 24.3 Å². The van der Waals surface area contributed by atoms with Gasteiger partial charge in [-0.05, 0) is 59.1 Å². The van der Waals surface area contributed by atoms with Crippen LogP contribution in [-0.4, -0.2) is 24.6 Å². The van der Waals surface area contributed by atoms with Crippen LogP contribution < -0.4 is 0 Å². The fourth-order valence-electron chi connectivity index (χ4n) is 3.96. The van der Waals surface area contributed by atoms with Crippen LogP contribution >= 0.6 is 0 Å². The Hall–Kier alpha value is -2.75. The lowest BCUT2D eigenvalue weighted by atomic mass is 9.75. The molecule has 0 heterocycles. The summed E-state index contributed by atoms with van der Waals surface area (Å²) in [5.74, 6) is -0.420. The number of ether oxygens (including phenoxy) is 1. The van der Waals surface area contributed by atoms with Crippen molar-refractivity contribution in [2.24, 2.45) is 0 Å². The van der Waals surface area contributed by atoms with E-state index in [9.17, 15) is 14.4 Å². The molecule has 0 bridgehead atoms. The van der Waals surface area contributed by atoms with E-state index >= 15 is 0 Å². The van der Waals surface area contributed by atoms with Gasteiger partial charge >= 0.3 is 5.97 Å². The van der Waals surface area contributed by atoms with E-state index in [0.29, 0.717) is 35.1 Å². The van der Waals surface area contributed by atoms with Crippen LogP contribution in [-0.2, 0) is 20.4 Å². The van der Waals surface area contributed by atoms with Crippen LogP contribution in [0.1, 0.15) is 96.9 Å². The molecule has 0 saturated heterocycles. The minimum atomic E-state index is -0.233. The van der Waals surface area contributed by atoms with E-state index in [-0.39, 0.29) is 28.4 Å². The van der Waals surface area contributed by atoms with Crippen LogP contribution in [0.4, 0.5) is 0 Å². The minimum absolute atomic E-state index is 0.0965. The Kier molecular flexibility index (Phi) is 5.72. The Morgan fingerprint density at radius 1 is 0.800 bits per heavy atom. The molecule has 0 fully saturated rings. The lowest BCUT2D eigenvalue weighted by Gasteiger charge is -2.28. The average Bonchev–Trinajstić information content (AvgIpc) is 2.70. The molecule has 0 N–H and O–H groups in total. The van der Waals surface area contributed by atoms with Gasteiger partial charge in [0.05, 0.1) is 7.11 Å². The summed E-state index contributed by atoms with van der Waals surface area (Å²) < 4.78 is 4.71. The van der Waals surface area contributed by atoms with Crippen molar-refractivity contribution in [3.8, 4) is 0 Å². The molecule has 158 valence electrons. The quantitative estimate of drug-likeness (QED) is 0.534. The average molecular weight is 407 g/mol. The van der Waals surface area contributed by atoms with Crippen molar-refractivity contribution in [3.63, 3.8) is 0 Å². The second kappa shape index (κ2) is 7.82. The van der Waals surface area contributed by atoms with Gasteiger partial charge in [-0.25, -0.2) is 0 Å². The fraction of sp³-hybridized carbons (Fsp3) is 0.423. The fourth-order valence-corrected chi connectivity index (χ4v) is 3.96. The van der Waals surface area contributed by atoms with Gasteiger partial charge in [-0.15, -0.1) is 0 Å². The van der Waals surface area contributed by atoms with E-state index in [0.717, 1.165) is 17.5 Å². The number of benzene rings is 2. The first-order valence-electron chi connectivity index (χ1n) is 10.4. The van der Waals surface area contributed by atoms with Crippen molar-refractivity contribution in [2.75, 3.05) is 7.11 Å². The number of hydrogen-bond acceptors (Lipinski definition) is 4. The zero-order valence-corrected chi connectivity index (χ0v) is 18.7. The maximum atomic E-state index is 13.2. The van der Waals surface area contributed by atoms with Crippen LogP contribution in [0.2, 0.25) is 0 Å². The third-order valence-corrected chi connectivity index (χ3v) is 6.08. The predicted molar refractivity (Wildman–Crippen MR) is 117 cm³/mol. The summed E-state index contributed by atoms with van der Waals surface area (Å²) in [6.07, 6.45) is 1.84. The van der Waals surface area contributed by atoms with Crippen molar-refractivity contribution in [3.05, 3.63) is 69.8 Å². The SMILES string of the molecule is COC(=O)CCCC(C)(C)c1ccc2c(c1)C(=O)c1ccc(C(C)(C)C)cc1C2=O. The Balaban J connectivity index is 1.94. The smallest absolute Gasteiger partial charge is 0.305 e. The number of esters is 1. The zero-order chi connectivity index (χ0) is 22.3. The van der Waals surface area contributed by atoms with Crippen molar-refractivity contribution in [2.45, 2.75) is 64.7 Å². The third-order valence-electron chi connectivity index (χ3n) is 6.08. The summed E-state index contributed by atoms with van der Waals surface area (Å²) in [5.41, 5.74) is 3.59. The first-order chi connectivity index (χ1) is 14.0. The molecular weight excluding hydrogens is 376 g/mol. The number of methoxy groups -OCH3 is 1. The molecule has 4 nitrogen and oxygen atoms in total. The molecule has 0 aromatic heterocycles. The van der Waals surface area contributed by atoms with E-state index in [2.05, 4.69) is 34.6 Å². The summed E-state index contributed by atoms with van der Waals surface area (Å²) in [4.78, 5) is 37.8. The van der Waals surface area contributed by atoms with Crippen LogP contribution in [0.3, 0.4) is 0 Å². The van der Waals surface area contributed by atoms with Crippen molar-refractivity contribution in [1.82, 2.24) is 0 Å². The highest BCUT2D eigenvalue weighted by Gasteiger charge is 2.32. The Morgan fingerprint density at radius 3 is 1.80 bits per heavy atom. The van der Waals surface area contributed by atoms with Gasteiger partial charge in [-0.3, -0.25) is 14.4 Å². The number of fused-ring (bicyclic) bond motifs is 2. The van der Waals surface area contributed by atoms with Crippen LogP contribution in [0, 0.1) is 0 Å². The Morgan fingerprint density at radius 2 is 1.30 bits per heavy atom. The lowest BCUT2D eigenvalue weighted by Crippen LogP contribution is -2.25. The molecule has 0 spiro atoms. The molecule has 1 aliphatic carbocycles. The van der Waals surface area contributed by atoms with Gasteiger partial charge in [0.1, 0.15) is 0 Å². The van der Waals surface area contributed by atoms with Gasteiger partial charge in [0.2, 0.25) is 0 Å². The standard InChI is InChI=1S/C26H30O4/c1-25(2,3)16-9-11-18-20(14-16)23(28)19-12-10-17(15-21(19)24(18)29)26(4,5)13-7-8-22(27)30-6/h9-12,14-15H,7-8,13H2,1-6H3. The molecule has 0 saturated carbocycles. The molecule has 0 unspecified atom stereocenters. The van der Waals surface area contributed by atoms with Crippen molar-refractivity contribution in [1.29, 1.82) is 0 Å². The zero-order valence-electron chi connectivity index (χ0n) is 18.7. The van der Waals surface area contributed by atoms with Gasteiger partial charge < -0.3 is 4.74 Å². The van der Waals surface area contributed by atoms with Gasteiger partial charge in [0.25, 0.3) is 0 Å². The van der Waals surface area contributed by atoms with Gasteiger partial charge in [0, 0.05) is 28.7 Å². The lowest BCUT2D eigenvalue weighted by molar-refractivity contribution is -0.140. The monoisotopic (exact) mass is 406 g/mol. The largest absolute Gasteiger partial charge is 0.469 e. The first-order valence-corrected chi connectivity index (χ1v) is 10.4. The number of ketones is 2. The van der Waals surface area contributed by atoms with E-state index in [4.69, 9.17) is 4.74 Å². The molecule has 0 amide bonds. The van der Waals surface area contributed by atoms with Gasteiger partial charge in [-0.1, -0.05) is 46.8 Å². The molecule has 4 heteroatoms. The number of carbonyl (C=O) groups excluding carboxylic acids is 3. The van der Waals surface area contributed by atoms with Crippen LogP contribution in [0.25, 0.3) is 0 Å². The van der Waals surface area contributed by atoms with Crippen molar-refractivity contribution < 1.29 is 19.1 Å². The molecule has 0 aliphatic heterocycles. The number of rotatable bonds is 5. The first kappa shape index (κ1) is 21.9. The summed E-state index contributed by atoms with van der Waals surface area (Å²) in [7, 11) is 1.39. The highest BCUT2D eigenvalue weighted by atomic mass is 16.5. The summed E-state index contributed by atoms with van der Waals surface area (Å²) in [6, 6.07) is 11.2. The molecule has 1 aliphatic rings. The molecule has 3 rings (SSSR count). The summed E-state index contributed by atoms with van der Waals surface area (Å²) in [5, 5.41) is 0. The molecule has 0 atom stereocenters. The van der Waals surface area contributed by atoms with Crippen LogP contribution in [0.5, 0.6) is 0 Å². The minimum Gasteiger partial charge on any atom is -0.469 e. The van der Waals surface area contributed by atoms with Crippen LogP contribution in [0.15, 0.2) is 36.4 Å². The highest BCUT2D eigenvalue weighted by Crippen LogP contribution is 2.35. The van der Waals surface area contributed by atoms with E-state index in [1.165, 1.54) is 7.11 Å². The third kappa shape index (κ3) is 4.09. The van der Waals surface area contributed by atoms with Gasteiger partial charge in [0.15, 0.2) is 11.6 Å². The number of hydrogen-bond donors (Lipinski definition) is 0. The Bertz CT molecular complexity index is 1020. The van der Waals surface area contributed by atoms with E-state index in [1.54, 1.807) is 12.1 Å². The maximum Gasteiger partial charge on any atom is 0.305 e. The second-order valence-electron chi connectivity index (χ2n) is 9.74. The topological polar surface area (TPSA) is 60.4 Å². The molecule has 2 aromatic rings. The summed E-state index contributed by atoms with van der Waals surface area (Å²) in [6.45, 7) is 10.4. The van der Waals surface area contributed by atoms with Crippen molar-refractivity contribution >= 4 is 17.5 Å². The van der Waals surface area contributed by atoms with Gasteiger partial charge in [-0.2, -0.15) is 0 Å².